The maximum atomic E-state index is 12.3. The van der Waals surface area contributed by atoms with E-state index >= 15 is 0 Å². The van der Waals surface area contributed by atoms with Crippen molar-refractivity contribution in [1.82, 2.24) is 15.1 Å². The van der Waals surface area contributed by atoms with Crippen LogP contribution in [0, 0.1) is 6.92 Å². The number of aromatic nitrogens is 2. The summed E-state index contributed by atoms with van der Waals surface area (Å²) < 4.78 is 1.75. The average Bonchev–Trinajstić information content (AvgIpc) is 3.18. The monoisotopic (exact) mass is 358 g/mol. The maximum absolute atomic E-state index is 12.3. The lowest BCUT2D eigenvalue weighted by molar-refractivity contribution is -0.136. The molecule has 2 heterocycles. The number of carbonyl (C=O) groups is 2. The number of benzene rings is 1. The minimum Gasteiger partial charge on any atom is -0.348 e. The SMILES string of the molecule is CCCCNC(=O)C(=O)Nc1c2c(nn1-c1ccccc1C)CSC2. The minimum atomic E-state index is -0.648. The topological polar surface area (TPSA) is 76.0 Å². The molecule has 0 bridgehead atoms. The van der Waals surface area contributed by atoms with E-state index in [9.17, 15) is 9.59 Å². The van der Waals surface area contributed by atoms with Crippen LogP contribution in [-0.2, 0) is 21.1 Å². The second-order valence-corrected chi connectivity index (χ2v) is 7.01. The van der Waals surface area contributed by atoms with Crippen molar-refractivity contribution < 1.29 is 9.59 Å². The molecule has 1 aromatic heterocycles. The molecule has 1 aliphatic rings. The van der Waals surface area contributed by atoms with Crippen LogP contribution in [0.3, 0.4) is 0 Å². The number of fused-ring (bicyclic) bond motifs is 1. The highest BCUT2D eigenvalue weighted by Crippen LogP contribution is 2.36. The highest BCUT2D eigenvalue weighted by Gasteiger charge is 2.26. The minimum absolute atomic E-state index is 0.508. The number of hydrogen-bond donors (Lipinski definition) is 2. The summed E-state index contributed by atoms with van der Waals surface area (Å²) in [5.41, 5.74) is 3.93. The van der Waals surface area contributed by atoms with E-state index in [2.05, 4.69) is 15.7 Å². The molecule has 0 fully saturated rings. The normalized spacial score (nSPS) is 12.7. The summed E-state index contributed by atoms with van der Waals surface area (Å²) in [6.07, 6.45) is 1.82. The summed E-state index contributed by atoms with van der Waals surface area (Å²) in [6, 6.07) is 7.86. The second kappa shape index (κ2) is 7.74. The molecule has 2 amide bonds. The van der Waals surface area contributed by atoms with Crippen molar-refractivity contribution in [2.45, 2.75) is 38.2 Å². The Kier molecular flexibility index (Phi) is 5.43. The van der Waals surface area contributed by atoms with Gasteiger partial charge >= 0.3 is 11.8 Å². The lowest BCUT2D eigenvalue weighted by atomic mass is 10.2. The number of carbonyl (C=O) groups excluding carboxylic acids is 2. The number of nitrogens with one attached hydrogen (secondary N) is 2. The number of thioether (sulfide) groups is 1. The first kappa shape index (κ1) is 17.5. The summed E-state index contributed by atoms with van der Waals surface area (Å²) in [6.45, 7) is 4.54. The van der Waals surface area contributed by atoms with Crippen LogP contribution in [-0.4, -0.2) is 28.1 Å². The van der Waals surface area contributed by atoms with Gasteiger partial charge in [-0.1, -0.05) is 31.5 Å². The third-order valence-corrected chi connectivity index (χ3v) is 5.12. The molecule has 6 nitrogen and oxygen atoms in total. The van der Waals surface area contributed by atoms with Crippen LogP contribution < -0.4 is 10.6 Å². The Balaban J connectivity index is 1.87. The van der Waals surface area contributed by atoms with E-state index in [1.54, 1.807) is 16.4 Å². The lowest BCUT2D eigenvalue weighted by Crippen LogP contribution is -2.36. The molecule has 1 aromatic carbocycles. The first-order valence-electron chi connectivity index (χ1n) is 8.45. The van der Waals surface area contributed by atoms with E-state index in [0.29, 0.717) is 12.4 Å². The first-order valence-corrected chi connectivity index (χ1v) is 9.61. The van der Waals surface area contributed by atoms with Gasteiger partial charge in [-0.25, -0.2) is 4.68 Å². The standard InChI is InChI=1S/C18H22N4O2S/c1-3-4-9-19-17(23)18(24)20-16-13-10-25-11-14(13)21-22(16)15-8-6-5-7-12(15)2/h5-8H,3-4,9-11H2,1-2H3,(H,19,23)(H,20,24). The Morgan fingerprint density at radius 1 is 1.24 bits per heavy atom. The van der Waals surface area contributed by atoms with E-state index in [4.69, 9.17) is 0 Å². The molecule has 0 unspecified atom stereocenters. The van der Waals surface area contributed by atoms with Crippen LogP contribution in [0.25, 0.3) is 5.69 Å². The van der Waals surface area contributed by atoms with Crippen LogP contribution in [0.1, 0.15) is 36.6 Å². The summed E-state index contributed by atoms with van der Waals surface area (Å²) in [4.78, 5) is 24.3. The van der Waals surface area contributed by atoms with Crippen molar-refractivity contribution in [1.29, 1.82) is 0 Å². The highest BCUT2D eigenvalue weighted by molar-refractivity contribution is 7.98. The zero-order chi connectivity index (χ0) is 17.8. The van der Waals surface area contributed by atoms with Gasteiger partial charge < -0.3 is 10.6 Å². The Bertz CT molecular complexity index is 800. The fourth-order valence-electron chi connectivity index (χ4n) is 2.74. The molecular weight excluding hydrogens is 336 g/mol. The van der Waals surface area contributed by atoms with Crippen LogP contribution in [0.15, 0.2) is 24.3 Å². The molecule has 0 saturated heterocycles. The lowest BCUT2D eigenvalue weighted by Gasteiger charge is -2.12. The molecule has 1 aliphatic heterocycles. The van der Waals surface area contributed by atoms with E-state index in [1.807, 2.05) is 38.1 Å². The quantitative estimate of drug-likeness (QED) is 0.636. The van der Waals surface area contributed by atoms with Gasteiger partial charge in [0.25, 0.3) is 0 Å². The Hall–Kier alpha value is -2.28. The van der Waals surface area contributed by atoms with Crippen LogP contribution >= 0.6 is 11.8 Å². The van der Waals surface area contributed by atoms with Gasteiger partial charge in [0.05, 0.1) is 11.4 Å². The molecule has 25 heavy (non-hydrogen) atoms. The van der Waals surface area contributed by atoms with Crippen molar-refractivity contribution in [3.05, 3.63) is 41.1 Å². The fraction of sp³-hybridized carbons (Fsp3) is 0.389. The summed E-state index contributed by atoms with van der Waals surface area (Å²) in [5.74, 6) is 0.953. The number of rotatable bonds is 5. The zero-order valence-electron chi connectivity index (χ0n) is 14.5. The van der Waals surface area contributed by atoms with Gasteiger partial charge in [0.15, 0.2) is 0 Å². The van der Waals surface area contributed by atoms with Crippen LogP contribution in [0.2, 0.25) is 0 Å². The molecule has 0 saturated carbocycles. The predicted octanol–water partition coefficient (Wildman–Crippen LogP) is 2.78. The molecule has 0 radical (unpaired) electrons. The molecule has 132 valence electrons. The third-order valence-electron chi connectivity index (χ3n) is 4.15. The summed E-state index contributed by atoms with van der Waals surface area (Å²) >= 11 is 1.76. The van der Waals surface area contributed by atoms with Crippen LogP contribution in [0.5, 0.6) is 0 Å². The van der Waals surface area contributed by atoms with Gasteiger partial charge in [0.2, 0.25) is 0 Å². The smallest absolute Gasteiger partial charge is 0.314 e. The Morgan fingerprint density at radius 3 is 2.80 bits per heavy atom. The van der Waals surface area contributed by atoms with Crippen molar-refractivity contribution >= 4 is 29.4 Å². The third kappa shape index (κ3) is 3.71. The highest BCUT2D eigenvalue weighted by atomic mass is 32.2. The predicted molar refractivity (Wildman–Crippen MR) is 99.8 cm³/mol. The number of aryl methyl sites for hydroxylation is 1. The number of unbranched alkanes of at least 4 members (excludes halogenated alkanes) is 1. The van der Waals surface area contributed by atoms with Gasteiger partial charge in [-0.3, -0.25) is 9.59 Å². The van der Waals surface area contributed by atoms with E-state index in [0.717, 1.165) is 46.9 Å². The Labute approximate surface area is 151 Å². The van der Waals surface area contributed by atoms with E-state index in [-0.39, 0.29) is 0 Å². The van der Waals surface area contributed by atoms with Crippen molar-refractivity contribution in [2.24, 2.45) is 0 Å². The Morgan fingerprint density at radius 2 is 2.04 bits per heavy atom. The molecule has 0 spiro atoms. The molecule has 7 heteroatoms. The van der Waals surface area contributed by atoms with Gasteiger partial charge in [0.1, 0.15) is 5.82 Å². The largest absolute Gasteiger partial charge is 0.348 e. The number of hydrogen-bond acceptors (Lipinski definition) is 4. The van der Waals surface area contributed by atoms with Gasteiger partial charge in [-0.15, -0.1) is 0 Å². The van der Waals surface area contributed by atoms with Gasteiger partial charge in [-0.2, -0.15) is 16.9 Å². The van der Waals surface area contributed by atoms with Crippen molar-refractivity contribution in [3.63, 3.8) is 0 Å². The molecular formula is C18H22N4O2S. The van der Waals surface area contributed by atoms with Crippen LogP contribution in [0.4, 0.5) is 5.82 Å². The van der Waals surface area contributed by atoms with Gasteiger partial charge in [-0.05, 0) is 25.0 Å². The second-order valence-electron chi connectivity index (χ2n) is 6.03. The average molecular weight is 358 g/mol. The van der Waals surface area contributed by atoms with Gasteiger partial charge in [0, 0.05) is 23.6 Å². The number of nitrogens with zero attached hydrogens (tertiary/aromatic N) is 2. The molecule has 2 aromatic rings. The van der Waals surface area contributed by atoms with Crippen molar-refractivity contribution in [2.75, 3.05) is 11.9 Å². The van der Waals surface area contributed by atoms with E-state index in [1.165, 1.54) is 0 Å². The molecule has 2 N–H and O–H groups in total. The summed E-state index contributed by atoms with van der Waals surface area (Å²) in [7, 11) is 0. The van der Waals surface area contributed by atoms with Crippen molar-refractivity contribution in [3.8, 4) is 5.69 Å². The molecule has 0 aliphatic carbocycles. The molecule has 0 atom stereocenters. The zero-order valence-corrected chi connectivity index (χ0v) is 15.3. The molecule has 3 rings (SSSR count). The fourth-order valence-corrected chi connectivity index (χ4v) is 3.77. The maximum Gasteiger partial charge on any atom is 0.314 e. The number of amides is 2. The summed E-state index contributed by atoms with van der Waals surface area (Å²) in [5, 5.41) is 10.1. The first-order chi connectivity index (χ1) is 12.1. The number of anilines is 1. The number of para-hydroxylation sites is 1. The van der Waals surface area contributed by atoms with E-state index < -0.39 is 11.8 Å².